The minimum Gasteiger partial charge on any atom is -0.481 e. The van der Waals surface area contributed by atoms with E-state index in [1.54, 1.807) is 0 Å². The zero-order valence-electron chi connectivity index (χ0n) is 29.1. The molecule has 0 spiro atoms. The Morgan fingerprint density at radius 2 is 0.773 bits per heavy atom. The van der Waals surface area contributed by atoms with Crippen LogP contribution in [0.15, 0.2) is 12.2 Å². The van der Waals surface area contributed by atoms with Crippen molar-refractivity contribution in [1.82, 2.24) is 0 Å². The van der Waals surface area contributed by atoms with Crippen LogP contribution in [0, 0.1) is 17.8 Å². The minimum atomic E-state index is -0.902. The van der Waals surface area contributed by atoms with Crippen molar-refractivity contribution in [2.24, 2.45) is 17.8 Å². The second kappa shape index (κ2) is 27.4. The van der Waals surface area contributed by atoms with Gasteiger partial charge in [0.2, 0.25) is 0 Å². The summed E-state index contributed by atoms with van der Waals surface area (Å²) in [5.74, 6) is -4.62. The molecule has 0 aliphatic carbocycles. The Hall–Kier alpha value is -1.89. The first kappa shape index (κ1) is 42.1. The van der Waals surface area contributed by atoms with Crippen molar-refractivity contribution in [3.05, 3.63) is 12.2 Å². The standard InChI is InChI=1S/C37H69NO6/c1-5-9-10-11-12-13-14-15-16-17-18-19-20-21-22-23-24-25-26-27-28-38(29-32(6-2)35(39)40,30-33(7-3)36(41)42)31-34(8-4)37(43)44/h25-26,32-34H,5-24,27-31H2,1-4H3,(H2-,39,40,41,42,43,44)/p+1/b26-25+. The summed E-state index contributed by atoms with van der Waals surface area (Å²) < 4.78 is 0.212. The molecule has 0 aliphatic heterocycles. The number of carbonyl (C=O) groups is 3. The Morgan fingerprint density at radius 1 is 0.477 bits per heavy atom. The largest absolute Gasteiger partial charge is 0.481 e. The van der Waals surface area contributed by atoms with E-state index >= 15 is 0 Å². The zero-order chi connectivity index (χ0) is 33.1. The molecule has 0 saturated heterocycles. The third kappa shape index (κ3) is 21.0. The molecule has 0 aliphatic rings. The number of unbranched alkanes of at least 4 members (excludes halogenated alkanes) is 16. The van der Waals surface area contributed by atoms with Crippen molar-refractivity contribution < 1.29 is 34.2 Å². The lowest BCUT2D eigenvalue weighted by Gasteiger charge is -2.43. The molecule has 0 radical (unpaired) electrons. The minimum absolute atomic E-state index is 0.212. The molecule has 3 N–H and O–H groups in total. The number of allylic oxidation sites excluding steroid dienone is 1. The van der Waals surface area contributed by atoms with Crippen LogP contribution in [0.2, 0.25) is 0 Å². The summed E-state index contributed by atoms with van der Waals surface area (Å²) in [6.07, 6.45) is 28.9. The van der Waals surface area contributed by atoms with Crippen molar-refractivity contribution in [2.75, 3.05) is 26.2 Å². The van der Waals surface area contributed by atoms with E-state index in [-0.39, 0.29) is 24.1 Å². The van der Waals surface area contributed by atoms with Crippen LogP contribution in [0.5, 0.6) is 0 Å². The number of nitrogens with zero attached hydrogens (tertiary/aromatic N) is 1. The van der Waals surface area contributed by atoms with Crippen LogP contribution < -0.4 is 0 Å². The molecule has 0 aromatic rings. The molecule has 0 aromatic heterocycles. The number of quaternary nitrogens is 1. The van der Waals surface area contributed by atoms with Gasteiger partial charge in [0.15, 0.2) is 0 Å². The van der Waals surface area contributed by atoms with Crippen molar-refractivity contribution in [3.8, 4) is 0 Å². The van der Waals surface area contributed by atoms with Gasteiger partial charge >= 0.3 is 17.9 Å². The van der Waals surface area contributed by atoms with Gasteiger partial charge in [-0.3, -0.25) is 14.4 Å². The van der Waals surface area contributed by atoms with Crippen molar-refractivity contribution in [1.29, 1.82) is 0 Å². The second-order valence-electron chi connectivity index (χ2n) is 13.3. The van der Waals surface area contributed by atoms with E-state index in [0.717, 1.165) is 12.8 Å². The lowest BCUT2D eigenvalue weighted by atomic mass is 9.96. The van der Waals surface area contributed by atoms with E-state index in [1.165, 1.54) is 96.3 Å². The van der Waals surface area contributed by atoms with E-state index in [2.05, 4.69) is 19.1 Å². The molecule has 7 nitrogen and oxygen atoms in total. The average Bonchev–Trinajstić information content (AvgIpc) is 2.99. The molecule has 44 heavy (non-hydrogen) atoms. The molecule has 7 heteroatoms. The summed E-state index contributed by atoms with van der Waals surface area (Å²) in [6.45, 7) is 9.07. The van der Waals surface area contributed by atoms with Crippen molar-refractivity contribution >= 4 is 17.9 Å². The maximum absolute atomic E-state index is 12.0. The molecule has 0 rings (SSSR count). The maximum atomic E-state index is 12.0. The van der Waals surface area contributed by atoms with Gasteiger partial charge < -0.3 is 19.8 Å². The van der Waals surface area contributed by atoms with Gasteiger partial charge in [0.05, 0.1) is 26.2 Å². The van der Waals surface area contributed by atoms with Gasteiger partial charge in [-0.15, -0.1) is 0 Å². The number of hydrogen-bond acceptors (Lipinski definition) is 3. The Balaban J connectivity index is 4.63. The quantitative estimate of drug-likeness (QED) is 0.0390. The van der Waals surface area contributed by atoms with E-state index < -0.39 is 35.7 Å². The summed E-state index contributed by atoms with van der Waals surface area (Å²) >= 11 is 0. The van der Waals surface area contributed by atoms with Gasteiger partial charge in [0.1, 0.15) is 17.8 Å². The molecule has 0 aromatic carbocycles. The van der Waals surface area contributed by atoms with Crippen LogP contribution in [-0.4, -0.2) is 63.9 Å². The highest BCUT2D eigenvalue weighted by atomic mass is 16.4. The van der Waals surface area contributed by atoms with E-state index in [0.29, 0.717) is 32.2 Å². The summed E-state index contributed by atoms with van der Waals surface area (Å²) in [4.78, 5) is 36.0. The molecule has 0 fully saturated rings. The molecule has 3 atom stereocenters. The van der Waals surface area contributed by atoms with Crippen LogP contribution in [0.1, 0.15) is 163 Å². The third-order valence-corrected chi connectivity index (χ3v) is 9.51. The SMILES string of the molecule is CCCCCCCCCCCCCCCCCC/C=C/CC[N+](CC(CC)C(=O)O)(CC(CC)C(=O)O)CC(CC)C(=O)O. The first-order valence-corrected chi connectivity index (χ1v) is 18.3. The number of carboxylic acid groups (broad SMARTS) is 3. The molecule has 0 heterocycles. The van der Waals surface area contributed by atoms with Gasteiger partial charge in [-0.1, -0.05) is 136 Å². The molecule has 258 valence electrons. The Bertz CT molecular complexity index is 707. The third-order valence-electron chi connectivity index (χ3n) is 9.51. The van der Waals surface area contributed by atoms with Crippen molar-refractivity contribution in [3.63, 3.8) is 0 Å². The van der Waals surface area contributed by atoms with Gasteiger partial charge in [0.25, 0.3) is 0 Å². The predicted molar refractivity (Wildman–Crippen MR) is 182 cm³/mol. The normalized spacial score (nSPS) is 15.2. The Labute approximate surface area is 270 Å². The summed E-state index contributed by atoms with van der Waals surface area (Å²) in [7, 11) is 0. The highest BCUT2D eigenvalue weighted by molar-refractivity contribution is 5.71. The number of carboxylic acids is 3. The topological polar surface area (TPSA) is 112 Å². The fraction of sp³-hybridized carbons (Fsp3) is 0.865. The number of aliphatic carboxylic acids is 3. The summed E-state index contributed by atoms with van der Waals surface area (Å²) in [5.41, 5.74) is 0. The lowest BCUT2D eigenvalue weighted by molar-refractivity contribution is -0.934. The van der Waals surface area contributed by atoms with Crippen LogP contribution in [0.4, 0.5) is 0 Å². The molecule has 0 bridgehead atoms. The Morgan fingerprint density at radius 3 is 1.07 bits per heavy atom. The van der Waals surface area contributed by atoms with Gasteiger partial charge in [-0.2, -0.15) is 0 Å². The van der Waals surface area contributed by atoms with Crippen molar-refractivity contribution in [2.45, 2.75) is 163 Å². The fourth-order valence-electron chi connectivity index (χ4n) is 6.44. The number of rotatable bonds is 32. The monoisotopic (exact) mass is 625 g/mol. The number of hydrogen-bond donors (Lipinski definition) is 3. The second-order valence-corrected chi connectivity index (χ2v) is 13.3. The molecular weight excluding hydrogens is 554 g/mol. The highest BCUT2D eigenvalue weighted by Crippen LogP contribution is 2.25. The smallest absolute Gasteiger partial charge is 0.312 e. The zero-order valence-corrected chi connectivity index (χ0v) is 29.1. The molecular formula is C37H70NO6+. The summed E-state index contributed by atoms with van der Waals surface area (Å²) in [5, 5.41) is 29.5. The summed E-state index contributed by atoms with van der Waals surface area (Å²) in [6, 6.07) is 0. The predicted octanol–water partition coefficient (Wildman–Crippen LogP) is 9.73. The first-order valence-electron chi connectivity index (χ1n) is 18.3. The van der Waals surface area contributed by atoms with E-state index in [9.17, 15) is 29.7 Å². The van der Waals surface area contributed by atoms with Crippen LogP contribution in [0.3, 0.4) is 0 Å². The molecule has 3 unspecified atom stereocenters. The van der Waals surface area contributed by atoms with Gasteiger partial charge in [0, 0.05) is 6.42 Å². The van der Waals surface area contributed by atoms with Crippen LogP contribution >= 0.6 is 0 Å². The lowest BCUT2D eigenvalue weighted by Crippen LogP contribution is -2.58. The molecule has 0 saturated carbocycles. The van der Waals surface area contributed by atoms with Crippen LogP contribution in [-0.2, 0) is 14.4 Å². The van der Waals surface area contributed by atoms with Crippen LogP contribution in [0.25, 0.3) is 0 Å². The fourth-order valence-corrected chi connectivity index (χ4v) is 6.44. The first-order chi connectivity index (χ1) is 21.2. The van der Waals surface area contributed by atoms with Gasteiger partial charge in [-0.25, -0.2) is 0 Å². The maximum Gasteiger partial charge on any atom is 0.312 e. The Kier molecular flexibility index (Phi) is 26.2. The average molecular weight is 625 g/mol. The van der Waals surface area contributed by atoms with Gasteiger partial charge in [-0.05, 0) is 32.1 Å². The van der Waals surface area contributed by atoms with E-state index in [4.69, 9.17) is 0 Å². The molecule has 0 amide bonds. The highest BCUT2D eigenvalue weighted by Gasteiger charge is 2.40. The van der Waals surface area contributed by atoms with E-state index in [1.807, 2.05) is 20.8 Å².